The summed E-state index contributed by atoms with van der Waals surface area (Å²) in [5.41, 5.74) is 7.93. The molecule has 0 amide bonds. The fourth-order valence-electron chi connectivity index (χ4n) is 1.99. The summed E-state index contributed by atoms with van der Waals surface area (Å²) in [4.78, 5) is 8.40. The molecule has 1 heterocycles. The lowest BCUT2D eigenvalue weighted by molar-refractivity contribution is 0.367. The summed E-state index contributed by atoms with van der Waals surface area (Å²) < 4.78 is 11.0. The minimum atomic E-state index is 0.0852. The second-order valence-electron chi connectivity index (χ2n) is 5.00. The smallest absolute Gasteiger partial charge is 0.322 e. The predicted octanol–water partition coefficient (Wildman–Crippen LogP) is 2.73. The van der Waals surface area contributed by atoms with E-state index < -0.39 is 0 Å². The molecule has 0 aliphatic rings. The van der Waals surface area contributed by atoms with Gasteiger partial charge in [0.1, 0.15) is 0 Å². The Kier molecular flexibility index (Phi) is 5.11. The predicted molar refractivity (Wildman–Crippen MR) is 81.8 cm³/mol. The van der Waals surface area contributed by atoms with E-state index in [1.54, 1.807) is 19.5 Å². The molecule has 2 N–H and O–H groups in total. The van der Waals surface area contributed by atoms with Crippen LogP contribution < -0.4 is 15.2 Å². The second kappa shape index (κ2) is 7.04. The SMILES string of the molecule is CCc1ccc(Oc2ncc(CC(C)N)cn2)c(OC)c1. The molecule has 0 saturated heterocycles. The zero-order valence-electron chi connectivity index (χ0n) is 12.7. The van der Waals surface area contributed by atoms with E-state index in [9.17, 15) is 0 Å². The van der Waals surface area contributed by atoms with Crippen molar-refractivity contribution in [3.05, 3.63) is 41.7 Å². The third-order valence-corrected chi connectivity index (χ3v) is 3.08. The fourth-order valence-corrected chi connectivity index (χ4v) is 1.99. The highest BCUT2D eigenvalue weighted by Gasteiger charge is 2.08. The van der Waals surface area contributed by atoms with Gasteiger partial charge in [-0.25, -0.2) is 9.97 Å². The van der Waals surface area contributed by atoms with Crippen molar-refractivity contribution >= 4 is 0 Å². The van der Waals surface area contributed by atoms with E-state index >= 15 is 0 Å². The Morgan fingerprint density at radius 3 is 2.43 bits per heavy atom. The molecular formula is C16H21N3O2. The van der Waals surface area contributed by atoms with Crippen LogP contribution in [0.25, 0.3) is 0 Å². The first-order chi connectivity index (χ1) is 10.1. The maximum Gasteiger partial charge on any atom is 0.322 e. The first-order valence-corrected chi connectivity index (χ1v) is 7.03. The molecule has 2 rings (SSSR count). The topological polar surface area (TPSA) is 70.3 Å². The molecule has 0 fully saturated rings. The van der Waals surface area contributed by atoms with Gasteiger partial charge in [0.25, 0.3) is 0 Å². The molecule has 5 nitrogen and oxygen atoms in total. The molecule has 0 aliphatic carbocycles. The first kappa shape index (κ1) is 15.3. The van der Waals surface area contributed by atoms with Gasteiger partial charge in [0.2, 0.25) is 0 Å². The lowest BCUT2D eigenvalue weighted by Crippen LogP contribution is -2.17. The summed E-state index contributed by atoms with van der Waals surface area (Å²) in [6.45, 7) is 4.04. The molecule has 0 aliphatic heterocycles. The van der Waals surface area contributed by atoms with Crippen molar-refractivity contribution in [3.63, 3.8) is 0 Å². The highest BCUT2D eigenvalue weighted by atomic mass is 16.5. The molecule has 1 unspecified atom stereocenters. The third-order valence-electron chi connectivity index (χ3n) is 3.08. The zero-order chi connectivity index (χ0) is 15.2. The van der Waals surface area contributed by atoms with Gasteiger partial charge in [-0.05, 0) is 43.0 Å². The lowest BCUT2D eigenvalue weighted by Gasteiger charge is -2.10. The largest absolute Gasteiger partial charge is 0.493 e. The molecule has 1 atom stereocenters. The monoisotopic (exact) mass is 287 g/mol. The van der Waals surface area contributed by atoms with Crippen molar-refractivity contribution in [2.24, 2.45) is 5.73 Å². The van der Waals surface area contributed by atoms with Crippen molar-refractivity contribution in [2.45, 2.75) is 32.7 Å². The van der Waals surface area contributed by atoms with Crippen LogP contribution in [0.15, 0.2) is 30.6 Å². The van der Waals surface area contributed by atoms with Crippen LogP contribution in [0.5, 0.6) is 17.5 Å². The van der Waals surface area contributed by atoms with Crippen LogP contribution >= 0.6 is 0 Å². The maximum absolute atomic E-state index is 5.75. The Labute approximate surface area is 125 Å². The van der Waals surface area contributed by atoms with E-state index in [4.69, 9.17) is 15.2 Å². The molecule has 1 aromatic carbocycles. The standard InChI is InChI=1S/C16H21N3O2/c1-4-12-5-6-14(15(8-12)20-3)21-16-18-9-13(10-19-16)7-11(2)17/h5-6,8-11H,4,7,17H2,1-3H3. The zero-order valence-corrected chi connectivity index (χ0v) is 12.7. The Morgan fingerprint density at radius 2 is 1.86 bits per heavy atom. The number of nitrogens with two attached hydrogens (primary N) is 1. The molecule has 2 aromatic rings. The van der Waals surface area contributed by atoms with E-state index in [2.05, 4.69) is 16.9 Å². The Bertz CT molecular complexity index is 583. The number of benzene rings is 1. The molecule has 112 valence electrons. The number of ether oxygens (including phenoxy) is 2. The number of nitrogens with zero attached hydrogens (tertiary/aromatic N) is 2. The maximum atomic E-state index is 5.75. The Balaban J connectivity index is 2.14. The van der Waals surface area contributed by atoms with Gasteiger partial charge in [-0.15, -0.1) is 0 Å². The van der Waals surface area contributed by atoms with Crippen molar-refractivity contribution in [1.29, 1.82) is 0 Å². The van der Waals surface area contributed by atoms with Gasteiger partial charge in [0.05, 0.1) is 7.11 Å². The van der Waals surface area contributed by atoms with Gasteiger partial charge in [-0.2, -0.15) is 0 Å². The van der Waals surface area contributed by atoms with Crippen LogP contribution in [-0.4, -0.2) is 23.1 Å². The quantitative estimate of drug-likeness (QED) is 0.884. The van der Waals surface area contributed by atoms with Crippen molar-refractivity contribution in [2.75, 3.05) is 7.11 Å². The van der Waals surface area contributed by atoms with E-state index in [0.717, 1.165) is 18.4 Å². The summed E-state index contributed by atoms with van der Waals surface area (Å²) in [6, 6.07) is 6.21. The normalized spacial score (nSPS) is 12.0. The third kappa shape index (κ3) is 4.16. The van der Waals surface area contributed by atoms with Crippen LogP contribution in [0.1, 0.15) is 25.0 Å². The van der Waals surface area contributed by atoms with Crippen molar-refractivity contribution in [3.8, 4) is 17.5 Å². The van der Waals surface area contributed by atoms with Crippen LogP contribution in [0.3, 0.4) is 0 Å². The minimum absolute atomic E-state index is 0.0852. The summed E-state index contributed by atoms with van der Waals surface area (Å²) in [5, 5.41) is 0. The van der Waals surface area contributed by atoms with E-state index in [1.165, 1.54) is 5.56 Å². The average Bonchev–Trinajstić information content (AvgIpc) is 2.49. The average molecular weight is 287 g/mol. The first-order valence-electron chi connectivity index (χ1n) is 7.03. The molecule has 0 radical (unpaired) electrons. The Hall–Kier alpha value is -2.14. The summed E-state index contributed by atoms with van der Waals surface area (Å²) >= 11 is 0. The van der Waals surface area contributed by atoms with E-state index in [0.29, 0.717) is 17.5 Å². The molecule has 1 aromatic heterocycles. The molecule has 5 heteroatoms. The minimum Gasteiger partial charge on any atom is -0.493 e. The van der Waals surface area contributed by atoms with Crippen LogP contribution in [-0.2, 0) is 12.8 Å². The van der Waals surface area contributed by atoms with Gasteiger partial charge < -0.3 is 15.2 Å². The number of methoxy groups -OCH3 is 1. The van der Waals surface area contributed by atoms with Gasteiger partial charge in [0, 0.05) is 18.4 Å². The second-order valence-corrected chi connectivity index (χ2v) is 5.00. The molecule has 21 heavy (non-hydrogen) atoms. The Morgan fingerprint density at radius 1 is 1.14 bits per heavy atom. The molecule has 0 saturated carbocycles. The highest BCUT2D eigenvalue weighted by molar-refractivity contribution is 5.44. The molecular weight excluding hydrogens is 266 g/mol. The van der Waals surface area contributed by atoms with E-state index in [-0.39, 0.29) is 6.04 Å². The molecule has 0 bridgehead atoms. The lowest BCUT2D eigenvalue weighted by atomic mass is 10.1. The van der Waals surface area contributed by atoms with E-state index in [1.807, 2.05) is 25.1 Å². The summed E-state index contributed by atoms with van der Waals surface area (Å²) in [7, 11) is 1.62. The number of rotatable bonds is 6. The van der Waals surface area contributed by atoms with Crippen molar-refractivity contribution in [1.82, 2.24) is 9.97 Å². The highest BCUT2D eigenvalue weighted by Crippen LogP contribution is 2.31. The number of aromatic nitrogens is 2. The van der Waals surface area contributed by atoms with Crippen LogP contribution in [0.2, 0.25) is 0 Å². The number of hydrogen-bond acceptors (Lipinski definition) is 5. The fraction of sp³-hybridized carbons (Fsp3) is 0.375. The van der Waals surface area contributed by atoms with Crippen LogP contribution in [0, 0.1) is 0 Å². The van der Waals surface area contributed by atoms with Crippen molar-refractivity contribution < 1.29 is 9.47 Å². The summed E-state index contributed by atoms with van der Waals surface area (Å²) in [6.07, 6.45) is 5.16. The van der Waals surface area contributed by atoms with Gasteiger partial charge in [-0.3, -0.25) is 0 Å². The van der Waals surface area contributed by atoms with Crippen LogP contribution in [0.4, 0.5) is 0 Å². The van der Waals surface area contributed by atoms with Gasteiger partial charge in [-0.1, -0.05) is 13.0 Å². The van der Waals surface area contributed by atoms with Gasteiger partial charge >= 0.3 is 6.01 Å². The molecule has 0 spiro atoms. The number of aryl methyl sites for hydroxylation is 1. The van der Waals surface area contributed by atoms with Gasteiger partial charge in [0.15, 0.2) is 11.5 Å². The summed E-state index contributed by atoms with van der Waals surface area (Å²) in [5.74, 6) is 1.28. The number of hydrogen-bond donors (Lipinski definition) is 1.